The number of hydrogen-bond donors (Lipinski definition) is 3. The third-order valence-electron chi connectivity index (χ3n) is 5.10. The van der Waals surface area contributed by atoms with Crippen LogP contribution in [0.2, 0.25) is 0 Å². The number of aryl methyl sites for hydroxylation is 2. The van der Waals surface area contributed by atoms with Gasteiger partial charge in [-0.2, -0.15) is 0 Å². The van der Waals surface area contributed by atoms with Gasteiger partial charge < -0.3 is 16.0 Å². The molecule has 1 aromatic carbocycles. The van der Waals surface area contributed by atoms with E-state index in [4.69, 9.17) is 4.98 Å². The first-order valence-electron chi connectivity index (χ1n) is 10.7. The minimum absolute atomic E-state index is 0. The molecule has 0 aliphatic heterocycles. The van der Waals surface area contributed by atoms with Crippen LogP contribution in [0, 0.1) is 13.8 Å². The summed E-state index contributed by atoms with van der Waals surface area (Å²) in [6.07, 6.45) is 9.24. The van der Waals surface area contributed by atoms with Crippen molar-refractivity contribution in [3.63, 3.8) is 0 Å². The fourth-order valence-corrected chi connectivity index (χ4v) is 3.48. The third-order valence-corrected chi connectivity index (χ3v) is 5.10. The smallest absolute Gasteiger partial charge is 0.319 e. The Hall–Kier alpha value is -3.48. The molecular weight excluding hydrogens is 400 g/mol. The Kier molecular flexibility index (Phi) is 9.13. The van der Waals surface area contributed by atoms with E-state index in [0.29, 0.717) is 6.54 Å². The van der Waals surface area contributed by atoms with Gasteiger partial charge in [0.15, 0.2) is 0 Å². The van der Waals surface area contributed by atoms with Crippen LogP contribution in [0.15, 0.2) is 49.1 Å². The predicted octanol–water partition coefficient (Wildman–Crippen LogP) is 5.89. The lowest BCUT2D eigenvalue weighted by molar-refractivity contribution is 0.252. The van der Waals surface area contributed by atoms with E-state index in [9.17, 15) is 4.79 Å². The molecule has 2 aromatic heterocycles. The highest BCUT2D eigenvalue weighted by Gasteiger charge is 2.15. The van der Waals surface area contributed by atoms with Crippen molar-refractivity contribution in [1.82, 2.24) is 20.3 Å². The zero-order valence-corrected chi connectivity index (χ0v) is 18.6. The highest BCUT2D eigenvalue weighted by molar-refractivity contribution is 5.90. The molecule has 0 saturated heterocycles. The summed E-state index contributed by atoms with van der Waals surface area (Å²) in [7, 11) is 0. The Balaban J connectivity index is 0.00000363. The Bertz CT molecular complexity index is 1040. The van der Waals surface area contributed by atoms with Crippen molar-refractivity contribution >= 4 is 17.5 Å². The Morgan fingerprint density at radius 3 is 2.53 bits per heavy atom. The first-order chi connectivity index (χ1) is 15.0. The fourth-order valence-electron chi connectivity index (χ4n) is 3.48. The molecule has 0 saturated carbocycles. The first kappa shape index (κ1) is 24.8. The summed E-state index contributed by atoms with van der Waals surface area (Å²) in [6, 6.07) is 7.77. The number of aromatic nitrogens is 3. The van der Waals surface area contributed by atoms with E-state index in [1.165, 1.54) is 11.1 Å². The molecule has 1 unspecified atom stereocenters. The van der Waals surface area contributed by atoms with Gasteiger partial charge in [0.05, 0.1) is 24.1 Å². The maximum absolute atomic E-state index is 11.8. The van der Waals surface area contributed by atoms with Gasteiger partial charge in [-0.15, -0.1) is 0 Å². The lowest BCUT2D eigenvalue weighted by Gasteiger charge is -2.21. The zero-order chi connectivity index (χ0) is 22.2. The minimum Gasteiger partial charge on any atom is -0.362 e. The van der Waals surface area contributed by atoms with Crippen LogP contribution >= 0.6 is 0 Å². The van der Waals surface area contributed by atoms with Gasteiger partial charge in [-0.3, -0.25) is 9.97 Å². The molecule has 0 aliphatic rings. The summed E-state index contributed by atoms with van der Waals surface area (Å²) < 4.78 is 0. The normalized spacial score (nSPS) is 11.2. The van der Waals surface area contributed by atoms with Crippen molar-refractivity contribution in [1.29, 1.82) is 0 Å². The number of benzene rings is 1. The summed E-state index contributed by atoms with van der Waals surface area (Å²) >= 11 is 0. The van der Waals surface area contributed by atoms with E-state index in [-0.39, 0.29) is 19.5 Å². The first-order valence-corrected chi connectivity index (χ1v) is 10.7. The van der Waals surface area contributed by atoms with E-state index < -0.39 is 0 Å². The highest BCUT2D eigenvalue weighted by atomic mass is 16.2. The van der Waals surface area contributed by atoms with Crippen molar-refractivity contribution in [3.8, 4) is 11.3 Å². The maximum Gasteiger partial charge on any atom is 0.319 e. The number of anilines is 2. The molecule has 2 heterocycles. The fraction of sp³-hybridized carbons (Fsp3) is 0.360. The van der Waals surface area contributed by atoms with Gasteiger partial charge >= 0.3 is 6.03 Å². The Morgan fingerprint density at radius 1 is 1.03 bits per heavy atom. The van der Waals surface area contributed by atoms with Crippen LogP contribution in [0.3, 0.4) is 0 Å². The van der Waals surface area contributed by atoms with Gasteiger partial charge in [0.2, 0.25) is 0 Å². The minimum atomic E-state index is -0.211. The van der Waals surface area contributed by atoms with Gasteiger partial charge in [0.1, 0.15) is 5.82 Å². The summed E-state index contributed by atoms with van der Waals surface area (Å²) in [4.78, 5) is 25.3. The highest BCUT2D eigenvalue weighted by Crippen LogP contribution is 2.27. The lowest BCUT2D eigenvalue weighted by Crippen LogP contribution is -2.28. The number of pyridine rings is 1. The number of nitrogens with zero attached hydrogens (tertiary/aromatic N) is 3. The quantitative estimate of drug-likeness (QED) is 0.411. The molecule has 0 radical (unpaired) electrons. The van der Waals surface area contributed by atoms with Gasteiger partial charge in [0.25, 0.3) is 0 Å². The molecule has 3 N–H and O–H groups in total. The van der Waals surface area contributed by atoms with Crippen LogP contribution in [0.5, 0.6) is 0 Å². The Labute approximate surface area is 191 Å². The SMILES string of the molecule is C.CCCC(Nc1cncc(-c2ccc(NC(=O)NCC)c(C)c2)n1)c1cnccc1C. The number of rotatable bonds is 8. The van der Waals surface area contributed by atoms with E-state index in [0.717, 1.165) is 41.2 Å². The predicted molar refractivity (Wildman–Crippen MR) is 132 cm³/mol. The number of nitrogens with one attached hydrogen (secondary N) is 3. The number of carbonyl (C=O) groups is 1. The molecule has 3 aromatic rings. The number of carbonyl (C=O) groups excluding carboxylic acids is 1. The van der Waals surface area contributed by atoms with Crippen LogP contribution in [-0.4, -0.2) is 27.5 Å². The van der Waals surface area contributed by atoms with Crippen LogP contribution in [0.1, 0.15) is 56.8 Å². The van der Waals surface area contributed by atoms with Crippen LogP contribution in [0.4, 0.5) is 16.3 Å². The summed E-state index contributed by atoms with van der Waals surface area (Å²) in [5, 5.41) is 9.13. The molecule has 0 aliphatic carbocycles. The van der Waals surface area contributed by atoms with E-state index in [2.05, 4.69) is 39.8 Å². The average Bonchev–Trinajstić information content (AvgIpc) is 2.76. The largest absolute Gasteiger partial charge is 0.362 e. The molecule has 32 heavy (non-hydrogen) atoms. The van der Waals surface area contributed by atoms with Gasteiger partial charge in [-0.25, -0.2) is 9.78 Å². The summed E-state index contributed by atoms with van der Waals surface area (Å²) in [5.74, 6) is 0.724. The second-order valence-electron chi connectivity index (χ2n) is 7.52. The van der Waals surface area contributed by atoms with Gasteiger partial charge in [-0.05, 0) is 62.1 Å². The van der Waals surface area contributed by atoms with Crippen molar-refractivity contribution in [2.24, 2.45) is 0 Å². The molecule has 170 valence electrons. The van der Waals surface area contributed by atoms with Gasteiger partial charge in [-0.1, -0.05) is 26.8 Å². The lowest BCUT2D eigenvalue weighted by atomic mass is 10.00. The zero-order valence-electron chi connectivity index (χ0n) is 18.6. The molecule has 7 heteroatoms. The van der Waals surface area contributed by atoms with Crippen LogP contribution < -0.4 is 16.0 Å². The molecule has 1 atom stereocenters. The Morgan fingerprint density at radius 2 is 1.84 bits per heavy atom. The van der Waals surface area contributed by atoms with E-state index >= 15 is 0 Å². The summed E-state index contributed by atoms with van der Waals surface area (Å²) in [6.45, 7) is 8.69. The molecule has 0 bridgehead atoms. The van der Waals surface area contributed by atoms with Crippen molar-refractivity contribution in [2.45, 2.75) is 54.0 Å². The number of urea groups is 1. The second kappa shape index (κ2) is 11.8. The van der Waals surface area contributed by atoms with E-state index in [1.54, 1.807) is 12.4 Å². The number of hydrogen-bond acceptors (Lipinski definition) is 5. The molecule has 7 nitrogen and oxygen atoms in total. The monoisotopic (exact) mass is 434 g/mol. The maximum atomic E-state index is 11.8. The number of amides is 2. The molecule has 2 amide bonds. The van der Waals surface area contributed by atoms with Crippen LogP contribution in [-0.2, 0) is 0 Å². The van der Waals surface area contributed by atoms with Crippen molar-refractivity contribution in [2.75, 3.05) is 17.2 Å². The summed E-state index contributed by atoms with van der Waals surface area (Å²) in [5.41, 5.74) is 5.82. The van der Waals surface area contributed by atoms with E-state index in [1.807, 2.05) is 50.5 Å². The third kappa shape index (κ3) is 6.26. The molecule has 3 rings (SSSR count). The van der Waals surface area contributed by atoms with Crippen molar-refractivity contribution in [3.05, 3.63) is 65.7 Å². The second-order valence-corrected chi connectivity index (χ2v) is 7.52. The molecule has 0 spiro atoms. The standard InChI is InChI=1S/C24H30N6O.CH4/c1-5-7-21(19-13-25-11-10-16(19)3)28-23-15-26-14-22(29-23)18-8-9-20(17(4)12-18)30-24(31)27-6-2;/h8-15,21H,5-7H2,1-4H3,(H,28,29)(H2,27,30,31);1H4. The van der Waals surface area contributed by atoms with Crippen LogP contribution in [0.25, 0.3) is 11.3 Å². The van der Waals surface area contributed by atoms with Gasteiger partial charge in [0, 0.05) is 30.2 Å². The molecule has 0 fully saturated rings. The topological polar surface area (TPSA) is 91.8 Å². The molecular formula is C25H34N6O. The van der Waals surface area contributed by atoms with Crippen molar-refractivity contribution < 1.29 is 4.79 Å². The average molecular weight is 435 g/mol.